The lowest BCUT2D eigenvalue weighted by Gasteiger charge is -2.19. The molecular weight excluding hydrogens is 362 g/mol. The Morgan fingerprint density at radius 2 is 2.17 bits per heavy atom. The van der Waals surface area contributed by atoms with E-state index in [0.29, 0.717) is 24.0 Å². The van der Waals surface area contributed by atoms with Crippen LogP contribution >= 0.6 is 0 Å². The molecule has 1 amide bonds. The maximum Gasteiger partial charge on any atom is 0.255 e. The number of carbonyl (C=O) groups excluding carboxylic acids is 1. The molecule has 1 aromatic heterocycles. The van der Waals surface area contributed by atoms with Crippen LogP contribution < -0.4 is 0 Å². The first-order chi connectivity index (χ1) is 14.0. The van der Waals surface area contributed by atoms with Gasteiger partial charge in [0.15, 0.2) is 0 Å². The van der Waals surface area contributed by atoms with Crippen LogP contribution in [0.4, 0.5) is 0 Å². The van der Waals surface area contributed by atoms with Crippen molar-refractivity contribution in [2.75, 3.05) is 19.7 Å². The Bertz CT molecular complexity index is 825. The van der Waals surface area contributed by atoms with Gasteiger partial charge in [-0.3, -0.25) is 4.79 Å². The van der Waals surface area contributed by atoms with Crippen molar-refractivity contribution in [1.29, 1.82) is 0 Å². The maximum absolute atomic E-state index is 12.7. The number of likely N-dealkylation sites (tertiary alicyclic amines) is 1. The molecule has 3 rings (SSSR count). The Morgan fingerprint density at radius 1 is 1.34 bits per heavy atom. The van der Waals surface area contributed by atoms with Crippen molar-refractivity contribution < 1.29 is 9.53 Å². The molecule has 1 aliphatic carbocycles. The molecule has 2 heterocycles. The van der Waals surface area contributed by atoms with Gasteiger partial charge in [0.1, 0.15) is 5.76 Å². The molecule has 2 atom stereocenters. The van der Waals surface area contributed by atoms with E-state index < -0.39 is 0 Å². The highest BCUT2D eigenvalue weighted by molar-refractivity contribution is 5.94. The number of nitrogens with zero attached hydrogens (tertiary/aromatic N) is 3. The van der Waals surface area contributed by atoms with Crippen LogP contribution in [0.15, 0.2) is 47.4 Å². The summed E-state index contributed by atoms with van der Waals surface area (Å²) in [5.41, 5.74) is 4.08. The van der Waals surface area contributed by atoms with Crippen molar-refractivity contribution in [3.8, 4) is 0 Å². The van der Waals surface area contributed by atoms with Crippen LogP contribution in [0.2, 0.25) is 0 Å². The zero-order valence-electron chi connectivity index (χ0n) is 18.1. The first kappa shape index (κ1) is 21.3. The van der Waals surface area contributed by atoms with E-state index in [-0.39, 0.29) is 5.91 Å². The quantitative estimate of drug-likeness (QED) is 0.690. The lowest BCUT2D eigenvalue weighted by Crippen LogP contribution is -2.29. The van der Waals surface area contributed by atoms with E-state index in [1.165, 1.54) is 11.1 Å². The third kappa shape index (κ3) is 5.55. The highest BCUT2D eigenvalue weighted by Crippen LogP contribution is 2.25. The van der Waals surface area contributed by atoms with Gasteiger partial charge in [0.25, 0.3) is 5.91 Å². The highest BCUT2D eigenvalue weighted by Gasteiger charge is 2.28. The first-order valence-electron chi connectivity index (χ1n) is 10.8. The normalized spacial score (nSPS) is 26.3. The topological polar surface area (TPSA) is 55.3 Å². The highest BCUT2D eigenvalue weighted by atomic mass is 16.5. The minimum atomic E-state index is 0.0371. The molecule has 29 heavy (non-hydrogen) atoms. The lowest BCUT2D eigenvalue weighted by molar-refractivity contribution is 0.0777. The summed E-state index contributed by atoms with van der Waals surface area (Å²) in [6.07, 6.45) is 12.5. The Morgan fingerprint density at radius 3 is 2.93 bits per heavy atom. The van der Waals surface area contributed by atoms with Crippen molar-refractivity contribution in [1.82, 2.24) is 15.1 Å². The maximum atomic E-state index is 12.7. The zero-order valence-corrected chi connectivity index (χ0v) is 18.1. The molecule has 156 valence electrons. The van der Waals surface area contributed by atoms with E-state index in [1.807, 2.05) is 11.8 Å². The van der Waals surface area contributed by atoms with Gasteiger partial charge >= 0.3 is 0 Å². The van der Waals surface area contributed by atoms with Gasteiger partial charge in [-0.15, -0.1) is 0 Å². The molecule has 1 aliphatic heterocycles. The van der Waals surface area contributed by atoms with Crippen molar-refractivity contribution in [2.45, 2.75) is 53.4 Å². The second kappa shape index (κ2) is 9.86. The van der Waals surface area contributed by atoms with E-state index in [9.17, 15) is 4.79 Å². The Labute approximate surface area is 174 Å². The molecule has 0 radical (unpaired) electrons. The van der Waals surface area contributed by atoms with Gasteiger partial charge in [-0.05, 0) is 68.7 Å². The lowest BCUT2D eigenvalue weighted by atomic mass is 9.94. The molecule has 0 N–H and O–H groups in total. The predicted molar refractivity (Wildman–Crippen MR) is 115 cm³/mol. The second-order valence-electron chi connectivity index (χ2n) is 8.33. The van der Waals surface area contributed by atoms with Gasteiger partial charge in [0.2, 0.25) is 0 Å². The van der Waals surface area contributed by atoms with Gasteiger partial charge in [-0.1, -0.05) is 26.0 Å². The Kier molecular flexibility index (Phi) is 7.24. The van der Waals surface area contributed by atoms with Gasteiger partial charge in [0, 0.05) is 19.0 Å². The summed E-state index contributed by atoms with van der Waals surface area (Å²) in [5, 5.41) is 7.83. The van der Waals surface area contributed by atoms with E-state index in [4.69, 9.17) is 4.74 Å². The molecule has 0 saturated carbocycles. The molecule has 1 aromatic rings. The fourth-order valence-electron chi connectivity index (χ4n) is 3.87. The molecule has 0 aromatic carbocycles. The molecule has 0 bridgehead atoms. The third-order valence-electron chi connectivity index (χ3n) is 6.00. The minimum absolute atomic E-state index is 0.0371. The number of ether oxygens (including phenoxy) is 1. The van der Waals surface area contributed by atoms with Crippen molar-refractivity contribution in [3.05, 3.63) is 58.7 Å². The standard InChI is InChI=1S/C24H33N3O2/c1-5-17(2)21-8-6-7-18(3)23(10-9-21)29-16-20-11-12-27(15-20)24(28)22-13-19(4)26-25-14-22/h8-10,13-14,17,20H,5-7,11-12,15-16H2,1-4H3/b10-9-,21-8+,23-18-/t17?,20-/m1/s1. The van der Waals surface area contributed by atoms with Crippen molar-refractivity contribution in [2.24, 2.45) is 11.8 Å². The van der Waals surface area contributed by atoms with Crippen LogP contribution in [-0.2, 0) is 4.74 Å². The predicted octanol–water partition coefficient (Wildman–Crippen LogP) is 4.86. The SMILES string of the molecule is CCC(C)C1=C/CC/C(C)=C(OC[C@@H]2CCN(C(=O)c3cnnc(C)c3)C2)/C=C\1. The summed E-state index contributed by atoms with van der Waals surface area (Å²) in [5.74, 6) is 1.97. The molecule has 0 spiro atoms. The molecule has 1 fully saturated rings. The first-order valence-corrected chi connectivity index (χ1v) is 10.8. The van der Waals surface area contributed by atoms with E-state index in [1.54, 1.807) is 12.3 Å². The molecule has 1 unspecified atom stereocenters. The summed E-state index contributed by atoms with van der Waals surface area (Å²) in [6.45, 7) is 10.7. The third-order valence-corrected chi connectivity index (χ3v) is 6.00. The summed E-state index contributed by atoms with van der Waals surface area (Å²) < 4.78 is 6.23. The molecule has 2 aliphatic rings. The van der Waals surface area contributed by atoms with Crippen molar-refractivity contribution in [3.63, 3.8) is 0 Å². The molecular formula is C24H33N3O2. The molecule has 5 nitrogen and oxygen atoms in total. The van der Waals surface area contributed by atoms with Gasteiger partial charge < -0.3 is 9.64 Å². The van der Waals surface area contributed by atoms with Crippen LogP contribution in [0, 0.1) is 18.8 Å². The van der Waals surface area contributed by atoms with Crippen LogP contribution in [0.3, 0.4) is 0 Å². The van der Waals surface area contributed by atoms with Crippen LogP contribution in [0.5, 0.6) is 0 Å². The van der Waals surface area contributed by atoms with Gasteiger partial charge in [-0.25, -0.2) is 0 Å². The number of aryl methyl sites for hydroxylation is 1. The van der Waals surface area contributed by atoms with Crippen molar-refractivity contribution >= 4 is 5.91 Å². The average molecular weight is 396 g/mol. The van der Waals surface area contributed by atoms with Crippen LogP contribution in [0.25, 0.3) is 0 Å². The van der Waals surface area contributed by atoms with Gasteiger partial charge in [0.05, 0.1) is 24.1 Å². The Hall–Kier alpha value is -2.43. The van der Waals surface area contributed by atoms with Crippen LogP contribution in [-0.4, -0.2) is 40.7 Å². The number of hydrogen-bond acceptors (Lipinski definition) is 4. The molecule has 1 saturated heterocycles. The summed E-state index contributed by atoms with van der Waals surface area (Å²) >= 11 is 0. The number of rotatable bonds is 6. The summed E-state index contributed by atoms with van der Waals surface area (Å²) in [6, 6.07) is 1.80. The number of aromatic nitrogens is 2. The molecule has 5 heteroatoms. The fourth-order valence-corrected chi connectivity index (χ4v) is 3.87. The number of allylic oxidation sites excluding steroid dienone is 5. The second-order valence-corrected chi connectivity index (χ2v) is 8.33. The van der Waals surface area contributed by atoms with Crippen LogP contribution in [0.1, 0.15) is 62.5 Å². The van der Waals surface area contributed by atoms with E-state index >= 15 is 0 Å². The number of amides is 1. The smallest absolute Gasteiger partial charge is 0.255 e. The zero-order chi connectivity index (χ0) is 20.8. The monoisotopic (exact) mass is 395 g/mol. The minimum Gasteiger partial charge on any atom is -0.493 e. The summed E-state index contributed by atoms with van der Waals surface area (Å²) in [4.78, 5) is 14.6. The average Bonchev–Trinajstić information content (AvgIpc) is 3.18. The fraction of sp³-hybridized carbons (Fsp3) is 0.542. The number of carbonyl (C=O) groups is 1. The number of hydrogen-bond donors (Lipinski definition) is 0. The van der Waals surface area contributed by atoms with E-state index in [2.05, 4.69) is 49.2 Å². The largest absolute Gasteiger partial charge is 0.493 e. The Balaban J connectivity index is 1.57. The van der Waals surface area contributed by atoms with E-state index in [0.717, 1.165) is 50.2 Å². The summed E-state index contributed by atoms with van der Waals surface area (Å²) in [7, 11) is 0. The van der Waals surface area contributed by atoms with Gasteiger partial charge in [-0.2, -0.15) is 10.2 Å².